The molecule has 1 saturated carbocycles. The van der Waals surface area contributed by atoms with Crippen molar-refractivity contribution in [2.24, 2.45) is 0 Å². The van der Waals surface area contributed by atoms with Gasteiger partial charge in [-0.2, -0.15) is 0 Å². The molecule has 12 nitrogen and oxygen atoms in total. The van der Waals surface area contributed by atoms with Gasteiger partial charge in [-0.3, -0.25) is 19.2 Å². The van der Waals surface area contributed by atoms with Crippen LogP contribution < -0.4 is 29.7 Å². The number of hydrogen-bond acceptors (Lipinski definition) is 10. The number of aliphatic hydroxyl groups is 1. The van der Waals surface area contributed by atoms with E-state index in [4.69, 9.17) is 14.2 Å². The summed E-state index contributed by atoms with van der Waals surface area (Å²) >= 11 is 1.32. The molecule has 4 atom stereocenters. The monoisotopic (exact) mass is 721 g/mol. The first-order chi connectivity index (χ1) is 24.7. The second-order valence-corrected chi connectivity index (χ2v) is 14.0. The van der Waals surface area contributed by atoms with Crippen molar-refractivity contribution in [2.45, 2.75) is 68.0 Å². The molecule has 270 valence electrons. The Morgan fingerprint density at radius 1 is 0.980 bits per heavy atom. The quantitative estimate of drug-likeness (QED) is 0.156. The number of hydrogen-bond donors (Lipinski definition) is 4. The summed E-state index contributed by atoms with van der Waals surface area (Å²) in [7, 11) is 0. The first-order valence-corrected chi connectivity index (χ1v) is 18.0. The number of nitrogens with one attached hydrogen (secondary N) is 2. The van der Waals surface area contributed by atoms with Crippen molar-refractivity contribution in [1.29, 1.82) is 0 Å². The van der Waals surface area contributed by atoms with E-state index in [0.29, 0.717) is 28.5 Å². The molecule has 2 aliphatic heterocycles. The normalized spacial score (nSPS) is 19.6. The predicted molar refractivity (Wildman–Crippen MR) is 186 cm³/mol. The van der Waals surface area contributed by atoms with Gasteiger partial charge in [-0.15, -0.1) is 11.8 Å². The molecular formula is C37H40FN3O9S. The van der Waals surface area contributed by atoms with E-state index in [-0.39, 0.29) is 44.1 Å². The molecule has 3 aliphatic rings. The number of aliphatic carboxylic acids is 1. The number of fused-ring (bicyclic) bond motifs is 1. The minimum Gasteiger partial charge on any atom is -0.484 e. The highest BCUT2D eigenvalue weighted by Crippen LogP contribution is 2.46. The van der Waals surface area contributed by atoms with Crippen LogP contribution in [0.4, 0.5) is 10.1 Å². The number of thioether (sulfide) groups is 1. The summed E-state index contributed by atoms with van der Waals surface area (Å²) in [6.45, 7) is -0.558. The van der Waals surface area contributed by atoms with Crippen LogP contribution in [0.1, 0.15) is 61.8 Å². The van der Waals surface area contributed by atoms with E-state index in [1.165, 1.54) is 23.9 Å². The summed E-state index contributed by atoms with van der Waals surface area (Å²) in [5.41, 5.74) is 1.94. The molecule has 2 amide bonds. The second-order valence-electron chi connectivity index (χ2n) is 12.8. The third kappa shape index (κ3) is 8.99. The number of halogens is 1. The van der Waals surface area contributed by atoms with Crippen LogP contribution in [0.25, 0.3) is 0 Å². The standard InChI is InChI=1S/C37H40FN3O9S/c38-24-9-11-26(12-10-24)41-34(35(36(41)45)51-20-30(43)23-8-15-31-32(16-23)50-21-49-31)22-6-13-28(14-7-22)48-19-33(44)39-18-27(42)17-29(37(46)47)40-25-4-2-1-3-5-25/h6-16,25,29-30,34-35,40,43H,1-5,17-21H2,(H,39,44)(H,46,47)/t29-,30?,34-,35-/m1/s1. The van der Waals surface area contributed by atoms with Crippen molar-refractivity contribution in [3.05, 3.63) is 83.7 Å². The fraction of sp³-hybridized carbons (Fsp3) is 0.405. The largest absolute Gasteiger partial charge is 0.484 e. The zero-order valence-corrected chi connectivity index (χ0v) is 28.6. The van der Waals surface area contributed by atoms with Crippen LogP contribution >= 0.6 is 11.8 Å². The summed E-state index contributed by atoms with van der Waals surface area (Å²) in [5, 5.41) is 25.5. The third-order valence-electron chi connectivity index (χ3n) is 9.21. The maximum atomic E-state index is 13.7. The lowest BCUT2D eigenvalue weighted by molar-refractivity contribution is -0.141. The lowest BCUT2D eigenvalue weighted by Gasteiger charge is -2.47. The Bertz CT molecular complexity index is 1720. The van der Waals surface area contributed by atoms with Crippen molar-refractivity contribution in [1.82, 2.24) is 10.6 Å². The number of ketones is 1. The van der Waals surface area contributed by atoms with Crippen LogP contribution in [0.3, 0.4) is 0 Å². The number of carboxylic acids is 1. The van der Waals surface area contributed by atoms with Crippen molar-refractivity contribution < 1.29 is 48.0 Å². The van der Waals surface area contributed by atoms with Gasteiger partial charge in [-0.05, 0) is 72.5 Å². The molecule has 3 aromatic rings. The van der Waals surface area contributed by atoms with E-state index in [1.807, 2.05) is 0 Å². The number of carbonyl (C=O) groups excluding carboxylic acids is 3. The first-order valence-electron chi connectivity index (χ1n) is 16.9. The smallest absolute Gasteiger partial charge is 0.321 e. The molecule has 1 aliphatic carbocycles. The highest BCUT2D eigenvalue weighted by atomic mass is 32.2. The average molecular weight is 722 g/mol. The van der Waals surface area contributed by atoms with Gasteiger partial charge in [0.15, 0.2) is 23.9 Å². The molecule has 1 unspecified atom stereocenters. The molecule has 3 aromatic carbocycles. The number of rotatable bonds is 16. The Balaban J connectivity index is 1.03. The average Bonchev–Trinajstić information content (AvgIpc) is 3.61. The minimum absolute atomic E-state index is 0.0718. The molecular weight excluding hydrogens is 681 g/mol. The number of carboxylic acid groups (broad SMARTS) is 1. The number of Topliss-reactive ketones (excluding diaryl/α,β-unsaturated/α-hetero) is 1. The number of anilines is 1. The summed E-state index contributed by atoms with van der Waals surface area (Å²) in [6.07, 6.45) is 3.84. The van der Waals surface area contributed by atoms with Gasteiger partial charge in [0, 0.05) is 23.9 Å². The van der Waals surface area contributed by atoms with Gasteiger partial charge < -0.3 is 40.0 Å². The molecule has 0 aromatic heterocycles. The Hall–Kier alpha value is -4.66. The number of ether oxygens (including phenoxy) is 3. The van der Waals surface area contributed by atoms with Gasteiger partial charge in [0.25, 0.3) is 5.91 Å². The Labute approximate surface area is 298 Å². The molecule has 2 heterocycles. The van der Waals surface area contributed by atoms with Crippen molar-refractivity contribution in [3.8, 4) is 17.2 Å². The maximum Gasteiger partial charge on any atom is 0.321 e. The fourth-order valence-electron chi connectivity index (χ4n) is 6.48. The highest BCUT2D eigenvalue weighted by Gasteiger charge is 2.49. The van der Waals surface area contributed by atoms with Crippen molar-refractivity contribution >= 4 is 41.0 Å². The van der Waals surface area contributed by atoms with E-state index in [1.54, 1.807) is 59.5 Å². The van der Waals surface area contributed by atoms with Gasteiger partial charge in [0.2, 0.25) is 12.7 Å². The Morgan fingerprint density at radius 2 is 1.71 bits per heavy atom. The summed E-state index contributed by atoms with van der Waals surface area (Å²) in [6, 6.07) is 16.4. The number of benzene rings is 3. The number of carbonyl (C=O) groups is 4. The van der Waals surface area contributed by atoms with Crippen LogP contribution in [-0.2, 0) is 19.2 Å². The molecule has 0 radical (unpaired) electrons. The molecule has 51 heavy (non-hydrogen) atoms. The third-order valence-corrected chi connectivity index (χ3v) is 10.5. The predicted octanol–water partition coefficient (Wildman–Crippen LogP) is 4.31. The number of β-lactam (4-membered cyclic amide) rings is 1. The highest BCUT2D eigenvalue weighted by molar-refractivity contribution is 8.00. The van der Waals surface area contributed by atoms with Gasteiger partial charge in [-0.25, -0.2) is 4.39 Å². The van der Waals surface area contributed by atoms with Crippen molar-refractivity contribution in [2.75, 3.05) is 30.6 Å². The van der Waals surface area contributed by atoms with Gasteiger partial charge in [0.05, 0.1) is 18.7 Å². The second kappa shape index (κ2) is 16.6. The molecule has 2 fully saturated rings. The molecule has 0 spiro atoms. The first kappa shape index (κ1) is 36.1. The van der Waals surface area contributed by atoms with Crippen LogP contribution in [-0.4, -0.2) is 76.8 Å². The summed E-state index contributed by atoms with van der Waals surface area (Å²) < 4.78 is 30.1. The van der Waals surface area contributed by atoms with E-state index in [9.17, 15) is 33.8 Å². The zero-order valence-electron chi connectivity index (χ0n) is 27.8. The number of aliphatic hydroxyl groups excluding tert-OH is 1. The number of amides is 2. The van der Waals surface area contributed by atoms with E-state index < -0.39 is 46.9 Å². The number of nitrogens with zero attached hydrogens (tertiary/aromatic N) is 1. The van der Waals surface area contributed by atoms with E-state index in [2.05, 4.69) is 10.6 Å². The summed E-state index contributed by atoms with van der Waals surface area (Å²) in [5.74, 6) is -0.869. The van der Waals surface area contributed by atoms with Crippen molar-refractivity contribution in [3.63, 3.8) is 0 Å². The van der Waals surface area contributed by atoms with Gasteiger partial charge in [-0.1, -0.05) is 37.5 Å². The lowest BCUT2D eigenvalue weighted by Crippen LogP contribution is -2.57. The van der Waals surface area contributed by atoms with Crippen LogP contribution in [0.15, 0.2) is 66.7 Å². The summed E-state index contributed by atoms with van der Waals surface area (Å²) in [4.78, 5) is 51.6. The minimum atomic E-state index is -1.09. The SMILES string of the molecule is O=C(CNC(=O)COc1ccc([C@@H]2[C@@H](SCC(O)c3ccc4c(c3)OCO4)C(=O)N2c2ccc(F)cc2)cc1)C[C@@H](NC1CCCCC1)C(=O)O. The van der Waals surface area contributed by atoms with Gasteiger partial charge in [0.1, 0.15) is 22.9 Å². The molecule has 14 heteroatoms. The molecule has 6 rings (SSSR count). The Kier molecular flexibility index (Phi) is 11.7. The van der Waals surface area contributed by atoms with Gasteiger partial charge >= 0.3 is 5.97 Å². The fourth-order valence-corrected chi connectivity index (χ4v) is 7.78. The molecule has 1 saturated heterocycles. The van der Waals surface area contributed by atoms with Crippen LogP contribution in [0.5, 0.6) is 17.2 Å². The topological polar surface area (TPSA) is 164 Å². The van der Waals surface area contributed by atoms with Crippen LogP contribution in [0.2, 0.25) is 0 Å². The van der Waals surface area contributed by atoms with E-state index >= 15 is 0 Å². The van der Waals surface area contributed by atoms with E-state index in [0.717, 1.165) is 37.7 Å². The maximum absolute atomic E-state index is 13.7. The Morgan fingerprint density at radius 3 is 2.43 bits per heavy atom. The molecule has 4 N–H and O–H groups in total. The zero-order chi connectivity index (χ0) is 35.9. The lowest BCUT2D eigenvalue weighted by atomic mass is 9.92. The molecule has 0 bridgehead atoms. The van der Waals surface area contributed by atoms with Crippen LogP contribution in [0, 0.1) is 5.82 Å².